The fourth-order valence-corrected chi connectivity index (χ4v) is 3.40. The van der Waals surface area contributed by atoms with Gasteiger partial charge in [0.05, 0.1) is 4.90 Å². The van der Waals surface area contributed by atoms with E-state index >= 15 is 0 Å². The molecule has 1 aromatic carbocycles. The smallest absolute Gasteiger partial charge is 0.319 e. The number of nitrogens with one attached hydrogen (secondary N) is 1. The zero-order chi connectivity index (χ0) is 18.1. The van der Waals surface area contributed by atoms with Crippen molar-refractivity contribution in [2.45, 2.75) is 36.6 Å². The van der Waals surface area contributed by atoms with Crippen LogP contribution in [0, 0.1) is 0 Å². The molecule has 0 unspecified atom stereocenters. The summed E-state index contributed by atoms with van der Waals surface area (Å²) >= 11 is 0. The van der Waals surface area contributed by atoms with Crippen molar-refractivity contribution < 1.29 is 22.0 Å². The molecular formula is C15H21F2N3O3S. The Balaban J connectivity index is 2.16. The molecule has 0 saturated carbocycles. The standard InChI is InChI=1S/C15H21F2N3O3S/c1-10-11(2)20(8-7-19(10)3)15(21)18-12-5-4-6-13(9-12)24(22,23)14(16)17/h4-6,9-11,14H,7-8H2,1-3H3,(H,18,21)/t10-,11-/m0/s1. The van der Waals surface area contributed by atoms with Crippen molar-refractivity contribution in [2.75, 3.05) is 25.5 Å². The first-order valence-electron chi connectivity index (χ1n) is 7.54. The van der Waals surface area contributed by atoms with Gasteiger partial charge in [0.15, 0.2) is 0 Å². The zero-order valence-corrected chi connectivity index (χ0v) is 14.6. The van der Waals surface area contributed by atoms with Crippen LogP contribution in [0.1, 0.15) is 13.8 Å². The molecule has 0 aliphatic carbocycles. The Bertz CT molecular complexity index is 712. The largest absolute Gasteiger partial charge is 0.341 e. The summed E-state index contributed by atoms with van der Waals surface area (Å²) < 4.78 is 48.3. The highest BCUT2D eigenvalue weighted by atomic mass is 32.2. The Morgan fingerprint density at radius 3 is 2.54 bits per heavy atom. The number of rotatable bonds is 3. The summed E-state index contributed by atoms with van der Waals surface area (Å²) in [5, 5.41) is 2.59. The molecule has 1 saturated heterocycles. The Hall–Kier alpha value is -1.74. The molecular weight excluding hydrogens is 340 g/mol. The van der Waals surface area contributed by atoms with Gasteiger partial charge in [0.25, 0.3) is 0 Å². The van der Waals surface area contributed by atoms with Crippen LogP contribution in [0.2, 0.25) is 0 Å². The average Bonchev–Trinajstić information content (AvgIpc) is 2.52. The maximum atomic E-state index is 12.6. The number of alkyl halides is 2. The second-order valence-corrected chi connectivity index (χ2v) is 7.84. The molecule has 0 spiro atoms. The molecule has 0 radical (unpaired) electrons. The summed E-state index contributed by atoms with van der Waals surface area (Å²) in [5.41, 5.74) is 0.167. The maximum absolute atomic E-state index is 12.6. The average molecular weight is 361 g/mol. The van der Waals surface area contributed by atoms with Gasteiger partial charge in [0, 0.05) is 30.9 Å². The van der Waals surface area contributed by atoms with Crippen LogP contribution in [-0.4, -0.2) is 62.2 Å². The van der Waals surface area contributed by atoms with Gasteiger partial charge in [-0.1, -0.05) is 6.07 Å². The van der Waals surface area contributed by atoms with Gasteiger partial charge in [-0.2, -0.15) is 8.78 Å². The molecule has 1 heterocycles. The van der Waals surface area contributed by atoms with E-state index in [2.05, 4.69) is 10.2 Å². The number of benzene rings is 1. The lowest BCUT2D eigenvalue weighted by atomic mass is 10.1. The van der Waals surface area contributed by atoms with Gasteiger partial charge in [-0.05, 0) is 39.1 Å². The van der Waals surface area contributed by atoms with E-state index in [0.717, 1.165) is 18.7 Å². The third-order valence-corrected chi connectivity index (χ3v) is 5.87. The molecule has 1 N–H and O–H groups in total. The fourth-order valence-electron chi connectivity index (χ4n) is 2.64. The van der Waals surface area contributed by atoms with Crippen LogP contribution in [0.3, 0.4) is 0 Å². The first-order chi connectivity index (χ1) is 11.1. The van der Waals surface area contributed by atoms with Gasteiger partial charge < -0.3 is 10.2 Å². The molecule has 0 bridgehead atoms. The Kier molecular flexibility index (Phi) is 5.44. The van der Waals surface area contributed by atoms with E-state index in [1.165, 1.54) is 12.1 Å². The van der Waals surface area contributed by atoms with Gasteiger partial charge in [-0.15, -0.1) is 0 Å². The quantitative estimate of drug-likeness (QED) is 0.896. The summed E-state index contributed by atoms with van der Waals surface area (Å²) in [6, 6.07) is 4.68. The highest BCUT2D eigenvalue weighted by Gasteiger charge is 2.32. The Morgan fingerprint density at radius 2 is 1.92 bits per heavy atom. The molecule has 9 heteroatoms. The number of carbonyl (C=O) groups excluding carboxylic acids is 1. The predicted octanol–water partition coefficient (Wildman–Crippen LogP) is 2.24. The normalized spacial score (nSPS) is 22.7. The lowest BCUT2D eigenvalue weighted by molar-refractivity contribution is 0.0796. The summed E-state index contributed by atoms with van der Waals surface area (Å²) in [6.07, 6.45) is 0. The number of urea groups is 1. The van der Waals surface area contributed by atoms with Crippen molar-refractivity contribution in [3.05, 3.63) is 24.3 Å². The van der Waals surface area contributed by atoms with E-state index in [1.54, 1.807) is 4.90 Å². The van der Waals surface area contributed by atoms with Crippen LogP contribution in [-0.2, 0) is 9.84 Å². The van der Waals surface area contributed by atoms with Gasteiger partial charge in [-0.25, -0.2) is 13.2 Å². The number of hydrogen-bond donors (Lipinski definition) is 1. The van der Waals surface area contributed by atoms with Crippen molar-refractivity contribution in [3.8, 4) is 0 Å². The molecule has 6 nitrogen and oxygen atoms in total. The molecule has 2 atom stereocenters. The number of halogens is 2. The second-order valence-electron chi connectivity index (χ2n) is 5.92. The van der Waals surface area contributed by atoms with E-state index in [-0.39, 0.29) is 23.8 Å². The lowest BCUT2D eigenvalue weighted by Gasteiger charge is -2.43. The Morgan fingerprint density at radius 1 is 1.25 bits per heavy atom. The highest BCUT2D eigenvalue weighted by molar-refractivity contribution is 7.91. The number of anilines is 1. The molecule has 1 aliphatic heterocycles. The number of likely N-dealkylation sites (N-methyl/N-ethyl adjacent to an activating group) is 1. The summed E-state index contributed by atoms with van der Waals surface area (Å²) in [5.74, 6) is -3.50. The van der Waals surface area contributed by atoms with Gasteiger partial charge in [-0.3, -0.25) is 4.90 Å². The SMILES string of the molecule is C[C@H]1[C@H](C)N(C(=O)Nc2cccc(S(=O)(=O)C(F)F)c2)CCN1C. The molecule has 2 amide bonds. The molecule has 1 aliphatic rings. The zero-order valence-electron chi connectivity index (χ0n) is 13.7. The van der Waals surface area contributed by atoms with E-state index in [4.69, 9.17) is 0 Å². The van der Waals surface area contributed by atoms with Crippen molar-refractivity contribution in [1.29, 1.82) is 0 Å². The van der Waals surface area contributed by atoms with Gasteiger partial charge in [0.1, 0.15) is 0 Å². The van der Waals surface area contributed by atoms with Gasteiger partial charge in [0.2, 0.25) is 9.84 Å². The molecule has 24 heavy (non-hydrogen) atoms. The molecule has 0 aromatic heterocycles. The van der Waals surface area contributed by atoms with Gasteiger partial charge >= 0.3 is 11.8 Å². The molecule has 1 fully saturated rings. The lowest BCUT2D eigenvalue weighted by Crippen LogP contribution is -2.58. The molecule has 134 valence electrons. The number of carbonyl (C=O) groups is 1. The number of nitrogens with zero attached hydrogens (tertiary/aromatic N) is 2. The fraction of sp³-hybridized carbons (Fsp3) is 0.533. The van der Waals surface area contributed by atoms with Crippen LogP contribution < -0.4 is 5.32 Å². The maximum Gasteiger partial charge on any atom is 0.341 e. The van der Waals surface area contributed by atoms with E-state index < -0.39 is 20.5 Å². The summed E-state index contributed by atoms with van der Waals surface area (Å²) in [6.45, 7) is 5.19. The molecule has 1 aromatic rings. The van der Waals surface area contributed by atoms with E-state index in [9.17, 15) is 22.0 Å². The topological polar surface area (TPSA) is 69.7 Å². The van der Waals surface area contributed by atoms with Crippen LogP contribution in [0.25, 0.3) is 0 Å². The first-order valence-corrected chi connectivity index (χ1v) is 9.09. The summed E-state index contributed by atoms with van der Waals surface area (Å²) in [7, 11) is -2.71. The number of sulfone groups is 1. The van der Waals surface area contributed by atoms with Crippen LogP contribution >= 0.6 is 0 Å². The predicted molar refractivity (Wildman–Crippen MR) is 86.9 cm³/mol. The number of amides is 2. The second kappa shape index (κ2) is 7.02. The van der Waals surface area contributed by atoms with Crippen molar-refractivity contribution in [2.24, 2.45) is 0 Å². The minimum absolute atomic E-state index is 0.0308. The van der Waals surface area contributed by atoms with Crippen LogP contribution in [0.15, 0.2) is 29.2 Å². The van der Waals surface area contributed by atoms with Crippen molar-refractivity contribution >= 4 is 21.6 Å². The minimum atomic E-state index is -4.69. The van der Waals surface area contributed by atoms with E-state index in [0.29, 0.717) is 6.54 Å². The number of piperazine rings is 1. The van der Waals surface area contributed by atoms with Crippen LogP contribution in [0.5, 0.6) is 0 Å². The number of hydrogen-bond acceptors (Lipinski definition) is 4. The van der Waals surface area contributed by atoms with Crippen molar-refractivity contribution in [3.63, 3.8) is 0 Å². The monoisotopic (exact) mass is 361 g/mol. The highest BCUT2D eigenvalue weighted by Crippen LogP contribution is 2.22. The Labute approximate surface area is 140 Å². The third kappa shape index (κ3) is 3.67. The summed E-state index contributed by atoms with van der Waals surface area (Å²) in [4.78, 5) is 15.7. The van der Waals surface area contributed by atoms with E-state index in [1.807, 2.05) is 20.9 Å². The van der Waals surface area contributed by atoms with Crippen molar-refractivity contribution in [1.82, 2.24) is 9.80 Å². The van der Waals surface area contributed by atoms with Crippen LogP contribution in [0.4, 0.5) is 19.3 Å². The first kappa shape index (κ1) is 18.6. The third-order valence-electron chi connectivity index (χ3n) is 4.49. The molecule has 2 rings (SSSR count). The minimum Gasteiger partial charge on any atom is -0.319 e.